The van der Waals surface area contributed by atoms with Crippen LogP contribution in [0.25, 0.3) is 0 Å². The van der Waals surface area contributed by atoms with Crippen LogP contribution >= 0.6 is 0 Å². The predicted molar refractivity (Wildman–Crippen MR) is 39.9 cm³/mol. The summed E-state index contributed by atoms with van der Waals surface area (Å²) < 4.78 is 10.7. The second kappa shape index (κ2) is 3.03. The van der Waals surface area contributed by atoms with Gasteiger partial charge in [0.05, 0.1) is 12.2 Å². The SMILES string of the molecule is O=C(O)[C@H]1C[C@H]2OCCC[C@H]2O1. The van der Waals surface area contributed by atoms with E-state index in [2.05, 4.69) is 0 Å². The first-order valence-electron chi connectivity index (χ1n) is 4.27. The molecule has 2 aliphatic rings. The normalized spacial score (nSPS) is 40.8. The van der Waals surface area contributed by atoms with Crippen molar-refractivity contribution >= 4 is 5.97 Å². The highest BCUT2D eigenvalue weighted by Crippen LogP contribution is 2.29. The van der Waals surface area contributed by atoms with E-state index in [0.29, 0.717) is 6.42 Å². The van der Waals surface area contributed by atoms with E-state index in [1.54, 1.807) is 0 Å². The summed E-state index contributed by atoms with van der Waals surface area (Å²) in [6.45, 7) is 0.747. The summed E-state index contributed by atoms with van der Waals surface area (Å²) in [5.41, 5.74) is 0. The highest BCUT2D eigenvalue weighted by atomic mass is 16.6. The summed E-state index contributed by atoms with van der Waals surface area (Å²) >= 11 is 0. The van der Waals surface area contributed by atoms with Crippen molar-refractivity contribution in [3.8, 4) is 0 Å². The van der Waals surface area contributed by atoms with E-state index in [1.165, 1.54) is 0 Å². The Balaban J connectivity index is 1.98. The van der Waals surface area contributed by atoms with Crippen molar-refractivity contribution in [2.75, 3.05) is 6.61 Å². The van der Waals surface area contributed by atoms with Gasteiger partial charge in [-0.25, -0.2) is 4.79 Å². The van der Waals surface area contributed by atoms with Gasteiger partial charge < -0.3 is 14.6 Å². The van der Waals surface area contributed by atoms with Crippen LogP contribution in [-0.2, 0) is 14.3 Å². The van der Waals surface area contributed by atoms with Crippen molar-refractivity contribution in [1.29, 1.82) is 0 Å². The second-order valence-corrected chi connectivity index (χ2v) is 3.29. The molecule has 2 saturated heterocycles. The Morgan fingerprint density at radius 1 is 1.42 bits per heavy atom. The Morgan fingerprint density at radius 3 is 2.92 bits per heavy atom. The smallest absolute Gasteiger partial charge is 0.332 e. The number of carboxylic acid groups (broad SMARTS) is 1. The molecule has 68 valence electrons. The first-order valence-corrected chi connectivity index (χ1v) is 4.27. The van der Waals surface area contributed by atoms with Crippen LogP contribution in [0.2, 0.25) is 0 Å². The van der Waals surface area contributed by atoms with Crippen LogP contribution in [0.4, 0.5) is 0 Å². The van der Waals surface area contributed by atoms with Crippen molar-refractivity contribution in [2.24, 2.45) is 0 Å². The summed E-state index contributed by atoms with van der Waals surface area (Å²) in [7, 11) is 0. The molecular formula is C8H12O4. The van der Waals surface area contributed by atoms with Gasteiger partial charge in [0.1, 0.15) is 0 Å². The lowest BCUT2D eigenvalue weighted by Crippen LogP contribution is -2.29. The molecule has 0 unspecified atom stereocenters. The molecule has 12 heavy (non-hydrogen) atoms. The molecule has 2 rings (SSSR count). The average molecular weight is 172 g/mol. The number of aliphatic carboxylic acids is 1. The highest BCUT2D eigenvalue weighted by Gasteiger charge is 2.40. The summed E-state index contributed by atoms with van der Waals surface area (Å²) in [5.74, 6) is -0.868. The van der Waals surface area contributed by atoms with E-state index in [-0.39, 0.29) is 12.2 Å². The van der Waals surface area contributed by atoms with Crippen molar-refractivity contribution < 1.29 is 19.4 Å². The predicted octanol–water partition coefficient (Wildman–Crippen LogP) is 0.407. The molecule has 2 aliphatic heterocycles. The molecule has 0 aliphatic carbocycles. The van der Waals surface area contributed by atoms with Crippen molar-refractivity contribution in [3.63, 3.8) is 0 Å². The van der Waals surface area contributed by atoms with Crippen LogP contribution in [-0.4, -0.2) is 36.0 Å². The van der Waals surface area contributed by atoms with Crippen molar-refractivity contribution in [3.05, 3.63) is 0 Å². The molecule has 4 heteroatoms. The Labute approximate surface area is 70.5 Å². The van der Waals surface area contributed by atoms with E-state index >= 15 is 0 Å². The minimum absolute atomic E-state index is 0.0276. The molecule has 0 bridgehead atoms. The van der Waals surface area contributed by atoms with Gasteiger partial charge in [0.25, 0.3) is 0 Å². The van der Waals surface area contributed by atoms with Crippen molar-refractivity contribution in [1.82, 2.24) is 0 Å². The molecule has 2 fully saturated rings. The van der Waals surface area contributed by atoms with E-state index in [9.17, 15) is 4.79 Å². The zero-order valence-corrected chi connectivity index (χ0v) is 6.73. The maximum atomic E-state index is 10.6. The Hall–Kier alpha value is -0.610. The lowest BCUT2D eigenvalue weighted by atomic mass is 10.0. The Bertz CT molecular complexity index is 177. The van der Waals surface area contributed by atoms with Gasteiger partial charge in [-0.1, -0.05) is 0 Å². The quantitative estimate of drug-likeness (QED) is 0.622. The summed E-state index contributed by atoms with van der Waals surface area (Å²) in [4.78, 5) is 10.6. The molecular weight excluding hydrogens is 160 g/mol. The molecule has 0 aromatic carbocycles. The summed E-state index contributed by atoms with van der Waals surface area (Å²) in [6, 6.07) is 0. The van der Waals surface area contributed by atoms with Gasteiger partial charge in [-0.2, -0.15) is 0 Å². The van der Waals surface area contributed by atoms with E-state index in [1.807, 2.05) is 0 Å². The Morgan fingerprint density at radius 2 is 2.25 bits per heavy atom. The van der Waals surface area contributed by atoms with Gasteiger partial charge in [0, 0.05) is 13.0 Å². The maximum absolute atomic E-state index is 10.6. The first-order chi connectivity index (χ1) is 5.77. The fraction of sp³-hybridized carbons (Fsp3) is 0.875. The molecule has 0 saturated carbocycles. The number of fused-ring (bicyclic) bond motifs is 1. The topological polar surface area (TPSA) is 55.8 Å². The largest absolute Gasteiger partial charge is 0.479 e. The zero-order valence-electron chi connectivity index (χ0n) is 6.73. The minimum atomic E-state index is -0.868. The van der Waals surface area contributed by atoms with E-state index in [0.717, 1.165) is 19.4 Å². The van der Waals surface area contributed by atoms with Crippen molar-refractivity contribution in [2.45, 2.75) is 37.6 Å². The van der Waals surface area contributed by atoms with Gasteiger partial charge in [-0.05, 0) is 12.8 Å². The molecule has 3 atom stereocenters. The van der Waals surface area contributed by atoms with Crippen LogP contribution in [0.1, 0.15) is 19.3 Å². The molecule has 1 N–H and O–H groups in total. The maximum Gasteiger partial charge on any atom is 0.332 e. The standard InChI is InChI=1S/C8H12O4/c9-8(10)7-4-6-5(12-7)2-1-3-11-6/h5-7H,1-4H2,(H,9,10)/t5-,6-,7-/m1/s1. The van der Waals surface area contributed by atoms with Crippen LogP contribution in [0.5, 0.6) is 0 Å². The number of hydrogen-bond acceptors (Lipinski definition) is 3. The number of carboxylic acids is 1. The third-order valence-corrected chi connectivity index (χ3v) is 2.44. The third kappa shape index (κ3) is 1.32. The number of ether oxygens (including phenoxy) is 2. The molecule has 0 amide bonds. The third-order valence-electron chi connectivity index (χ3n) is 2.44. The fourth-order valence-electron chi connectivity index (χ4n) is 1.82. The monoisotopic (exact) mass is 172 g/mol. The lowest BCUT2D eigenvalue weighted by molar-refractivity contribution is -0.150. The first kappa shape index (κ1) is 8.01. The molecule has 0 aromatic rings. The van der Waals surface area contributed by atoms with E-state index in [4.69, 9.17) is 14.6 Å². The number of rotatable bonds is 1. The van der Waals surface area contributed by atoms with Gasteiger partial charge >= 0.3 is 5.97 Å². The van der Waals surface area contributed by atoms with Gasteiger partial charge in [-0.15, -0.1) is 0 Å². The molecule has 0 radical (unpaired) electrons. The minimum Gasteiger partial charge on any atom is -0.479 e. The Kier molecular flexibility index (Phi) is 2.02. The lowest BCUT2D eigenvalue weighted by Gasteiger charge is -2.23. The molecule has 4 nitrogen and oxygen atoms in total. The van der Waals surface area contributed by atoms with Crippen LogP contribution in [0.15, 0.2) is 0 Å². The molecule has 0 spiro atoms. The molecule has 2 heterocycles. The van der Waals surface area contributed by atoms with Gasteiger partial charge in [-0.3, -0.25) is 0 Å². The second-order valence-electron chi connectivity index (χ2n) is 3.29. The molecule has 0 aromatic heterocycles. The van der Waals surface area contributed by atoms with Crippen LogP contribution in [0, 0.1) is 0 Å². The van der Waals surface area contributed by atoms with Gasteiger partial charge in [0.2, 0.25) is 0 Å². The number of carbonyl (C=O) groups is 1. The van der Waals surface area contributed by atoms with Crippen LogP contribution in [0.3, 0.4) is 0 Å². The highest BCUT2D eigenvalue weighted by molar-refractivity contribution is 5.72. The zero-order chi connectivity index (χ0) is 8.55. The number of hydrogen-bond donors (Lipinski definition) is 1. The van der Waals surface area contributed by atoms with E-state index < -0.39 is 12.1 Å². The fourth-order valence-corrected chi connectivity index (χ4v) is 1.82. The van der Waals surface area contributed by atoms with Gasteiger partial charge in [0.15, 0.2) is 6.10 Å². The summed E-state index contributed by atoms with van der Waals surface area (Å²) in [6.07, 6.45) is 1.85. The van der Waals surface area contributed by atoms with Crippen LogP contribution < -0.4 is 0 Å². The average Bonchev–Trinajstić information content (AvgIpc) is 2.46. The summed E-state index contributed by atoms with van der Waals surface area (Å²) in [5, 5.41) is 8.68.